The summed E-state index contributed by atoms with van der Waals surface area (Å²) in [4.78, 5) is 12.2. The number of carbonyl (C=O) groups is 1. The van der Waals surface area contributed by atoms with Gasteiger partial charge in [-0.2, -0.15) is 0 Å². The van der Waals surface area contributed by atoms with E-state index in [-0.39, 0.29) is 11.9 Å². The van der Waals surface area contributed by atoms with E-state index in [4.69, 9.17) is 11.6 Å². The van der Waals surface area contributed by atoms with Gasteiger partial charge in [-0.25, -0.2) is 0 Å². The first-order valence-corrected chi connectivity index (χ1v) is 8.04. The molecule has 3 heteroatoms. The Kier molecular flexibility index (Phi) is 4.02. The minimum atomic E-state index is 0.0276. The Morgan fingerprint density at radius 1 is 1.40 bits per heavy atom. The van der Waals surface area contributed by atoms with Gasteiger partial charge in [0.2, 0.25) is 5.91 Å². The van der Waals surface area contributed by atoms with Crippen molar-refractivity contribution < 1.29 is 4.79 Å². The lowest BCUT2D eigenvalue weighted by atomic mass is 9.86. The number of amides is 1. The first-order chi connectivity index (χ1) is 9.61. The zero-order valence-corrected chi connectivity index (χ0v) is 12.7. The van der Waals surface area contributed by atoms with Crippen molar-refractivity contribution in [3.8, 4) is 0 Å². The lowest BCUT2D eigenvalue weighted by molar-refractivity contribution is -0.123. The van der Waals surface area contributed by atoms with Gasteiger partial charge in [-0.05, 0) is 61.6 Å². The zero-order valence-electron chi connectivity index (χ0n) is 11.9. The summed E-state index contributed by atoms with van der Waals surface area (Å²) in [7, 11) is 0. The molecule has 1 aromatic rings. The van der Waals surface area contributed by atoms with Gasteiger partial charge in [0.25, 0.3) is 0 Å². The lowest BCUT2D eigenvalue weighted by Crippen LogP contribution is -2.29. The molecule has 4 unspecified atom stereocenters. The Morgan fingerprint density at radius 3 is 2.90 bits per heavy atom. The summed E-state index contributed by atoms with van der Waals surface area (Å²) >= 11 is 5.99. The summed E-state index contributed by atoms with van der Waals surface area (Å²) in [6.07, 6.45) is 6.06. The molecule has 1 N–H and O–H groups in total. The third kappa shape index (κ3) is 3.01. The van der Waals surface area contributed by atoms with Crippen molar-refractivity contribution in [1.29, 1.82) is 0 Å². The summed E-state index contributed by atoms with van der Waals surface area (Å²) in [5, 5.41) is 3.83. The molecule has 1 amide bonds. The highest BCUT2D eigenvalue weighted by Crippen LogP contribution is 2.49. The molecule has 2 nitrogen and oxygen atoms in total. The molecule has 108 valence electrons. The number of hydrogen-bond acceptors (Lipinski definition) is 1. The van der Waals surface area contributed by atoms with E-state index >= 15 is 0 Å². The Morgan fingerprint density at radius 2 is 2.25 bits per heavy atom. The molecule has 2 bridgehead atoms. The van der Waals surface area contributed by atoms with E-state index in [1.165, 1.54) is 25.7 Å². The predicted octanol–water partition coefficient (Wildman–Crippen LogP) is 4.34. The molecule has 2 fully saturated rings. The van der Waals surface area contributed by atoms with Crippen LogP contribution < -0.4 is 5.32 Å². The van der Waals surface area contributed by atoms with Crippen LogP contribution in [-0.4, -0.2) is 5.91 Å². The van der Waals surface area contributed by atoms with Crippen LogP contribution in [0.4, 0.5) is 0 Å². The topological polar surface area (TPSA) is 29.1 Å². The molecule has 0 heterocycles. The van der Waals surface area contributed by atoms with Crippen LogP contribution in [0.15, 0.2) is 24.3 Å². The van der Waals surface area contributed by atoms with E-state index in [1.807, 2.05) is 31.2 Å². The van der Waals surface area contributed by atoms with E-state index < -0.39 is 0 Å². The molecule has 0 spiro atoms. The van der Waals surface area contributed by atoms with Crippen LogP contribution in [0.5, 0.6) is 0 Å². The van der Waals surface area contributed by atoms with Crippen LogP contribution in [-0.2, 0) is 4.79 Å². The Labute approximate surface area is 125 Å². The van der Waals surface area contributed by atoms with Gasteiger partial charge in [-0.1, -0.05) is 30.2 Å². The number of hydrogen-bond donors (Lipinski definition) is 1. The molecular formula is C17H22ClNO. The average molecular weight is 292 g/mol. The van der Waals surface area contributed by atoms with Gasteiger partial charge in [0.1, 0.15) is 0 Å². The van der Waals surface area contributed by atoms with Crippen LogP contribution in [0, 0.1) is 17.8 Å². The zero-order chi connectivity index (χ0) is 14.1. The second-order valence-electron chi connectivity index (χ2n) is 6.48. The van der Waals surface area contributed by atoms with Crippen molar-refractivity contribution in [3.63, 3.8) is 0 Å². The number of carbonyl (C=O) groups excluding carboxylic acids is 1. The highest BCUT2D eigenvalue weighted by atomic mass is 35.5. The number of fused-ring (bicyclic) bond motifs is 2. The van der Waals surface area contributed by atoms with E-state index in [9.17, 15) is 4.79 Å². The molecule has 0 aromatic heterocycles. The fourth-order valence-corrected chi connectivity index (χ4v) is 4.22. The number of halogens is 1. The predicted molar refractivity (Wildman–Crippen MR) is 81.6 cm³/mol. The summed E-state index contributed by atoms with van der Waals surface area (Å²) in [5.41, 5.74) is 1.07. The van der Waals surface area contributed by atoms with E-state index in [2.05, 4.69) is 5.32 Å². The first kappa shape index (κ1) is 13.9. The molecule has 20 heavy (non-hydrogen) atoms. The van der Waals surface area contributed by atoms with Gasteiger partial charge in [-0.3, -0.25) is 4.79 Å². The van der Waals surface area contributed by atoms with Crippen LogP contribution >= 0.6 is 11.6 Å². The molecule has 4 atom stereocenters. The number of rotatable bonds is 4. The summed E-state index contributed by atoms with van der Waals surface area (Å²) in [5.74, 6) is 2.53. The fraction of sp³-hybridized carbons (Fsp3) is 0.588. The molecular weight excluding hydrogens is 270 g/mol. The normalized spacial score (nSPS) is 29.4. The Hall–Kier alpha value is -1.02. The second kappa shape index (κ2) is 5.77. The Balaban J connectivity index is 1.53. The molecule has 2 aliphatic carbocycles. The maximum absolute atomic E-state index is 12.2. The van der Waals surface area contributed by atoms with Crippen molar-refractivity contribution in [3.05, 3.63) is 34.9 Å². The largest absolute Gasteiger partial charge is 0.350 e. The smallest absolute Gasteiger partial charge is 0.220 e. The average Bonchev–Trinajstić information content (AvgIpc) is 3.00. The van der Waals surface area contributed by atoms with Crippen LogP contribution in [0.1, 0.15) is 50.6 Å². The van der Waals surface area contributed by atoms with Gasteiger partial charge in [0, 0.05) is 11.4 Å². The van der Waals surface area contributed by atoms with Crippen molar-refractivity contribution in [1.82, 2.24) is 5.32 Å². The summed E-state index contributed by atoms with van der Waals surface area (Å²) < 4.78 is 0. The minimum absolute atomic E-state index is 0.0276. The van der Waals surface area contributed by atoms with E-state index in [0.29, 0.717) is 12.3 Å². The van der Waals surface area contributed by atoms with Crippen LogP contribution in [0.2, 0.25) is 5.02 Å². The number of nitrogens with one attached hydrogen (secondary N) is 1. The summed E-state index contributed by atoms with van der Waals surface area (Å²) in [6, 6.07) is 7.74. The second-order valence-corrected chi connectivity index (χ2v) is 6.92. The highest BCUT2D eigenvalue weighted by molar-refractivity contribution is 6.30. The van der Waals surface area contributed by atoms with Gasteiger partial charge in [0.05, 0.1) is 6.04 Å². The third-order valence-electron chi connectivity index (χ3n) is 5.06. The molecule has 3 rings (SSSR count). The van der Waals surface area contributed by atoms with Crippen molar-refractivity contribution in [2.24, 2.45) is 17.8 Å². The lowest BCUT2D eigenvalue weighted by Gasteiger charge is -2.22. The van der Waals surface area contributed by atoms with Crippen molar-refractivity contribution >= 4 is 17.5 Å². The number of benzene rings is 1. The monoisotopic (exact) mass is 291 g/mol. The molecule has 0 aliphatic heterocycles. The molecule has 2 saturated carbocycles. The SMILES string of the molecule is CC(NC(=O)CC1CC2CCC1C2)c1cccc(Cl)c1. The van der Waals surface area contributed by atoms with E-state index in [1.54, 1.807) is 0 Å². The van der Waals surface area contributed by atoms with Gasteiger partial charge in [-0.15, -0.1) is 0 Å². The van der Waals surface area contributed by atoms with E-state index in [0.717, 1.165) is 22.4 Å². The first-order valence-electron chi connectivity index (χ1n) is 7.66. The van der Waals surface area contributed by atoms with Crippen LogP contribution in [0.25, 0.3) is 0 Å². The highest BCUT2D eigenvalue weighted by Gasteiger charge is 2.40. The maximum Gasteiger partial charge on any atom is 0.220 e. The molecule has 0 saturated heterocycles. The summed E-state index contributed by atoms with van der Waals surface area (Å²) in [6.45, 7) is 2.02. The molecule has 1 aromatic carbocycles. The van der Waals surface area contributed by atoms with Gasteiger partial charge in [0.15, 0.2) is 0 Å². The molecule has 2 aliphatic rings. The molecule has 0 radical (unpaired) electrons. The third-order valence-corrected chi connectivity index (χ3v) is 5.29. The van der Waals surface area contributed by atoms with Gasteiger partial charge >= 0.3 is 0 Å². The Bertz CT molecular complexity index is 502. The standard InChI is InChI=1S/C17H22ClNO/c1-11(13-3-2-4-16(18)9-13)19-17(20)10-15-8-12-5-6-14(15)7-12/h2-4,9,11-12,14-15H,5-8,10H2,1H3,(H,19,20). The van der Waals surface area contributed by atoms with Crippen molar-refractivity contribution in [2.45, 2.75) is 45.1 Å². The van der Waals surface area contributed by atoms with Crippen LogP contribution in [0.3, 0.4) is 0 Å². The quantitative estimate of drug-likeness (QED) is 0.878. The maximum atomic E-state index is 12.2. The van der Waals surface area contributed by atoms with Crippen molar-refractivity contribution in [2.75, 3.05) is 0 Å². The fourth-order valence-electron chi connectivity index (χ4n) is 4.02. The minimum Gasteiger partial charge on any atom is -0.350 e. The van der Waals surface area contributed by atoms with Gasteiger partial charge < -0.3 is 5.32 Å².